The van der Waals surface area contributed by atoms with Gasteiger partial charge in [0.2, 0.25) is 0 Å². The monoisotopic (exact) mass is 439 g/mol. The van der Waals surface area contributed by atoms with Gasteiger partial charge in [-0.2, -0.15) is 0 Å². The third kappa shape index (κ3) is 3.33. The second kappa shape index (κ2) is 7.59. The average Bonchev–Trinajstić information content (AvgIpc) is 2.72. The van der Waals surface area contributed by atoms with Crippen molar-refractivity contribution >= 4 is 44.5 Å². The smallest absolute Gasteiger partial charge is 0.410 e. The maximum Gasteiger partial charge on any atom is 0.410 e. The van der Waals surface area contributed by atoms with Crippen LogP contribution in [0.25, 0.3) is 10.9 Å². The van der Waals surface area contributed by atoms with Gasteiger partial charge in [0, 0.05) is 22.6 Å². The molecule has 0 saturated carbocycles. The van der Waals surface area contributed by atoms with Crippen molar-refractivity contribution < 1.29 is 14.3 Å². The van der Waals surface area contributed by atoms with Crippen LogP contribution in [0, 0.1) is 0 Å². The van der Waals surface area contributed by atoms with E-state index < -0.39 is 12.1 Å². The Morgan fingerprint density at radius 1 is 1.21 bits per heavy atom. The van der Waals surface area contributed by atoms with Gasteiger partial charge in [-0.3, -0.25) is 14.7 Å². The number of carbonyl (C=O) groups is 2. The second-order valence-electron chi connectivity index (χ2n) is 6.53. The SMILES string of the molecule is COC(=O)N1CCc2ccc(Br)cc2[C@@H]1C(=O)Nc1cccc2cccnc12. The lowest BCUT2D eigenvalue weighted by Gasteiger charge is -2.35. The van der Waals surface area contributed by atoms with Crippen molar-refractivity contribution in [3.8, 4) is 0 Å². The summed E-state index contributed by atoms with van der Waals surface area (Å²) in [5.41, 5.74) is 3.14. The van der Waals surface area contributed by atoms with Gasteiger partial charge in [0.05, 0.1) is 18.3 Å². The lowest BCUT2D eigenvalue weighted by molar-refractivity contribution is -0.121. The van der Waals surface area contributed by atoms with E-state index in [1.54, 1.807) is 12.3 Å². The molecule has 2 aromatic carbocycles. The highest BCUT2D eigenvalue weighted by molar-refractivity contribution is 9.10. The molecule has 0 unspecified atom stereocenters. The molecular formula is C21H18BrN3O3. The van der Waals surface area contributed by atoms with Crippen molar-refractivity contribution in [2.24, 2.45) is 0 Å². The minimum absolute atomic E-state index is 0.303. The maximum atomic E-state index is 13.3. The van der Waals surface area contributed by atoms with E-state index in [2.05, 4.69) is 26.2 Å². The zero-order chi connectivity index (χ0) is 19.7. The van der Waals surface area contributed by atoms with E-state index in [9.17, 15) is 9.59 Å². The van der Waals surface area contributed by atoms with Gasteiger partial charge in [-0.25, -0.2) is 4.79 Å². The Hall–Kier alpha value is -2.93. The molecule has 28 heavy (non-hydrogen) atoms. The van der Waals surface area contributed by atoms with Crippen molar-refractivity contribution in [3.05, 3.63) is 70.3 Å². The van der Waals surface area contributed by atoms with Crippen LogP contribution in [-0.4, -0.2) is 35.5 Å². The van der Waals surface area contributed by atoms with Crippen LogP contribution in [0.5, 0.6) is 0 Å². The Balaban J connectivity index is 1.74. The Morgan fingerprint density at radius 3 is 2.86 bits per heavy atom. The highest BCUT2D eigenvalue weighted by Crippen LogP contribution is 2.34. The van der Waals surface area contributed by atoms with Gasteiger partial charge in [0.25, 0.3) is 5.91 Å². The number of hydrogen-bond acceptors (Lipinski definition) is 4. The number of fused-ring (bicyclic) bond motifs is 2. The molecule has 0 bridgehead atoms. The topological polar surface area (TPSA) is 71.5 Å². The summed E-state index contributed by atoms with van der Waals surface area (Å²) in [7, 11) is 1.32. The Morgan fingerprint density at radius 2 is 2.04 bits per heavy atom. The number of carbonyl (C=O) groups excluding carboxylic acids is 2. The predicted molar refractivity (Wildman–Crippen MR) is 110 cm³/mol. The molecule has 3 aromatic rings. The summed E-state index contributed by atoms with van der Waals surface area (Å²) in [5.74, 6) is -0.303. The Bertz CT molecular complexity index is 1060. The molecule has 1 aliphatic heterocycles. The van der Waals surface area contributed by atoms with Gasteiger partial charge in [-0.05, 0) is 41.8 Å². The number of amides is 2. The highest BCUT2D eigenvalue weighted by atomic mass is 79.9. The molecule has 142 valence electrons. The molecule has 2 heterocycles. The first-order chi connectivity index (χ1) is 13.6. The summed E-state index contributed by atoms with van der Waals surface area (Å²) >= 11 is 3.46. The molecule has 0 aliphatic carbocycles. The minimum Gasteiger partial charge on any atom is -0.453 e. The van der Waals surface area contributed by atoms with Crippen molar-refractivity contribution in [2.75, 3.05) is 19.0 Å². The molecule has 0 radical (unpaired) electrons. The van der Waals surface area contributed by atoms with E-state index in [4.69, 9.17) is 4.74 Å². The second-order valence-corrected chi connectivity index (χ2v) is 7.44. The fourth-order valence-electron chi connectivity index (χ4n) is 3.59. The molecule has 1 atom stereocenters. The first-order valence-electron chi connectivity index (χ1n) is 8.86. The summed E-state index contributed by atoms with van der Waals surface area (Å²) in [4.78, 5) is 31.5. The lowest BCUT2D eigenvalue weighted by Crippen LogP contribution is -2.45. The summed E-state index contributed by atoms with van der Waals surface area (Å²) in [6.45, 7) is 0.410. The minimum atomic E-state index is -0.785. The molecule has 2 amide bonds. The van der Waals surface area contributed by atoms with Gasteiger partial charge in [-0.1, -0.05) is 40.2 Å². The number of hydrogen-bond donors (Lipinski definition) is 1. The Kier molecular flexibility index (Phi) is 5.00. The number of para-hydroxylation sites is 1. The lowest BCUT2D eigenvalue weighted by atomic mass is 9.92. The van der Waals surface area contributed by atoms with Crippen molar-refractivity contribution in [2.45, 2.75) is 12.5 Å². The number of aromatic nitrogens is 1. The summed E-state index contributed by atoms with van der Waals surface area (Å²) in [5, 5.41) is 3.89. The highest BCUT2D eigenvalue weighted by Gasteiger charge is 2.37. The maximum absolute atomic E-state index is 13.3. The zero-order valence-corrected chi connectivity index (χ0v) is 16.8. The molecule has 0 fully saturated rings. The third-order valence-electron chi connectivity index (χ3n) is 4.88. The van der Waals surface area contributed by atoms with Crippen LogP contribution in [0.15, 0.2) is 59.2 Å². The molecule has 1 N–H and O–H groups in total. The van der Waals surface area contributed by atoms with Gasteiger partial charge < -0.3 is 10.1 Å². The molecule has 6 nitrogen and oxygen atoms in total. The quantitative estimate of drug-likeness (QED) is 0.645. The molecule has 1 aromatic heterocycles. The van der Waals surface area contributed by atoms with Crippen molar-refractivity contribution in [3.63, 3.8) is 0 Å². The molecule has 4 rings (SSSR count). The molecular weight excluding hydrogens is 422 g/mol. The fourth-order valence-corrected chi connectivity index (χ4v) is 3.97. The number of pyridine rings is 1. The third-order valence-corrected chi connectivity index (χ3v) is 5.38. The standard InChI is InChI=1S/C21H18BrN3O3/c1-28-21(27)25-11-9-13-7-8-15(22)12-16(13)19(25)20(26)24-17-6-2-4-14-5-3-10-23-18(14)17/h2-8,10,12,19H,9,11H2,1H3,(H,24,26)/t19-/m1/s1. The first kappa shape index (κ1) is 18.4. The van der Waals surface area contributed by atoms with Crippen LogP contribution in [0.2, 0.25) is 0 Å². The van der Waals surface area contributed by atoms with Crippen LogP contribution >= 0.6 is 15.9 Å². The van der Waals surface area contributed by atoms with E-state index in [-0.39, 0.29) is 5.91 Å². The van der Waals surface area contributed by atoms with Crippen LogP contribution in [0.4, 0.5) is 10.5 Å². The summed E-state index contributed by atoms with van der Waals surface area (Å²) < 4.78 is 5.77. The van der Waals surface area contributed by atoms with Crippen LogP contribution in [0.1, 0.15) is 17.2 Å². The number of ether oxygens (including phenoxy) is 1. The summed E-state index contributed by atoms with van der Waals surface area (Å²) in [6, 6.07) is 14.4. The van der Waals surface area contributed by atoms with E-state index in [1.165, 1.54) is 12.0 Å². The fraction of sp³-hybridized carbons (Fsp3) is 0.190. The molecule has 1 aliphatic rings. The summed E-state index contributed by atoms with van der Waals surface area (Å²) in [6.07, 6.45) is 1.82. The van der Waals surface area contributed by atoms with Gasteiger partial charge in [-0.15, -0.1) is 0 Å². The number of nitrogens with one attached hydrogen (secondary N) is 1. The molecule has 7 heteroatoms. The zero-order valence-electron chi connectivity index (χ0n) is 15.2. The molecule has 0 spiro atoms. The van der Waals surface area contributed by atoms with Crippen LogP contribution in [0.3, 0.4) is 0 Å². The number of rotatable bonds is 2. The van der Waals surface area contributed by atoms with Crippen molar-refractivity contribution in [1.82, 2.24) is 9.88 Å². The van der Waals surface area contributed by atoms with Crippen LogP contribution in [-0.2, 0) is 16.0 Å². The number of benzene rings is 2. The number of anilines is 1. The predicted octanol–water partition coefficient (Wildman–Crippen LogP) is 4.30. The van der Waals surface area contributed by atoms with E-state index in [0.717, 1.165) is 21.0 Å². The number of methoxy groups -OCH3 is 1. The van der Waals surface area contributed by atoms with Gasteiger partial charge in [0.1, 0.15) is 6.04 Å². The van der Waals surface area contributed by atoms with Crippen molar-refractivity contribution in [1.29, 1.82) is 0 Å². The number of halogens is 1. The first-order valence-corrected chi connectivity index (χ1v) is 9.65. The molecule has 0 saturated heterocycles. The Labute approximate surface area is 170 Å². The largest absolute Gasteiger partial charge is 0.453 e. The van der Waals surface area contributed by atoms with Crippen LogP contribution < -0.4 is 5.32 Å². The number of nitrogens with zero attached hydrogens (tertiary/aromatic N) is 2. The van der Waals surface area contributed by atoms with Gasteiger partial charge >= 0.3 is 6.09 Å². The average molecular weight is 440 g/mol. The van der Waals surface area contributed by atoms with Gasteiger partial charge in [0.15, 0.2) is 0 Å². The van der Waals surface area contributed by atoms with E-state index >= 15 is 0 Å². The van der Waals surface area contributed by atoms with E-state index in [0.29, 0.717) is 24.2 Å². The van der Waals surface area contributed by atoms with E-state index in [1.807, 2.05) is 42.5 Å². The normalized spacial score (nSPS) is 15.8.